The second kappa shape index (κ2) is 8.67. The lowest BCUT2D eigenvalue weighted by Gasteiger charge is -2.11. The SMILES string of the molecule is CNC(C)CNC(=O)Cc1ccc(C(C)=O)cc1.Cl. The third-order valence-corrected chi connectivity index (χ3v) is 2.82. The quantitative estimate of drug-likeness (QED) is 0.780. The minimum absolute atomic E-state index is 0. The van der Waals surface area contributed by atoms with Gasteiger partial charge in [0.25, 0.3) is 0 Å². The second-order valence-corrected chi connectivity index (χ2v) is 4.42. The van der Waals surface area contributed by atoms with Crippen molar-refractivity contribution in [2.45, 2.75) is 26.3 Å². The molecule has 0 saturated carbocycles. The summed E-state index contributed by atoms with van der Waals surface area (Å²) in [5.74, 6) is 0.0292. The van der Waals surface area contributed by atoms with Crippen LogP contribution in [0.5, 0.6) is 0 Å². The molecule has 0 radical (unpaired) electrons. The highest BCUT2D eigenvalue weighted by Gasteiger charge is 2.06. The normalized spacial score (nSPS) is 11.3. The number of carbonyl (C=O) groups is 2. The number of likely N-dealkylation sites (N-methyl/N-ethyl adjacent to an activating group) is 1. The van der Waals surface area contributed by atoms with E-state index in [-0.39, 0.29) is 30.1 Å². The fourth-order valence-corrected chi connectivity index (χ4v) is 1.47. The van der Waals surface area contributed by atoms with E-state index in [0.29, 0.717) is 18.5 Å². The molecule has 1 aromatic rings. The van der Waals surface area contributed by atoms with Crippen molar-refractivity contribution in [3.63, 3.8) is 0 Å². The summed E-state index contributed by atoms with van der Waals surface area (Å²) in [7, 11) is 1.86. The Morgan fingerprint density at radius 1 is 1.21 bits per heavy atom. The van der Waals surface area contributed by atoms with Gasteiger partial charge in [-0.3, -0.25) is 9.59 Å². The number of amides is 1. The van der Waals surface area contributed by atoms with E-state index < -0.39 is 0 Å². The lowest BCUT2D eigenvalue weighted by Crippen LogP contribution is -2.37. The number of Topliss-reactive ketones (excluding diaryl/α,β-unsaturated/α-hetero) is 1. The molecule has 5 heteroatoms. The summed E-state index contributed by atoms with van der Waals surface area (Å²) in [4.78, 5) is 22.7. The van der Waals surface area contributed by atoms with Gasteiger partial charge in [0.2, 0.25) is 5.91 Å². The van der Waals surface area contributed by atoms with Crippen LogP contribution in [0.2, 0.25) is 0 Å². The Hall–Kier alpha value is -1.39. The van der Waals surface area contributed by atoms with Crippen molar-refractivity contribution >= 4 is 24.1 Å². The van der Waals surface area contributed by atoms with Crippen LogP contribution in [-0.4, -0.2) is 31.3 Å². The number of halogens is 1. The van der Waals surface area contributed by atoms with Gasteiger partial charge in [0, 0.05) is 18.2 Å². The zero-order valence-corrected chi connectivity index (χ0v) is 12.3. The predicted molar refractivity (Wildman–Crippen MR) is 78.9 cm³/mol. The van der Waals surface area contributed by atoms with Crippen LogP contribution in [0, 0.1) is 0 Å². The summed E-state index contributed by atoms with van der Waals surface area (Å²) in [6.45, 7) is 4.14. The Labute approximate surface area is 120 Å². The molecule has 1 rings (SSSR count). The Morgan fingerprint density at radius 3 is 2.26 bits per heavy atom. The predicted octanol–water partition coefficient (Wildman–Crippen LogP) is 1.58. The third-order valence-electron chi connectivity index (χ3n) is 2.82. The summed E-state index contributed by atoms with van der Waals surface area (Å²) in [6.07, 6.45) is 0.342. The van der Waals surface area contributed by atoms with Gasteiger partial charge >= 0.3 is 0 Å². The van der Waals surface area contributed by atoms with Crippen LogP contribution in [-0.2, 0) is 11.2 Å². The first-order valence-electron chi connectivity index (χ1n) is 6.06. The monoisotopic (exact) mass is 284 g/mol. The van der Waals surface area contributed by atoms with E-state index >= 15 is 0 Å². The minimum atomic E-state index is -0.00678. The van der Waals surface area contributed by atoms with Crippen LogP contribution < -0.4 is 10.6 Å². The zero-order chi connectivity index (χ0) is 13.5. The first-order valence-corrected chi connectivity index (χ1v) is 6.06. The van der Waals surface area contributed by atoms with Crippen molar-refractivity contribution in [1.82, 2.24) is 10.6 Å². The van der Waals surface area contributed by atoms with Gasteiger partial charge in [0.15, 0.2) is 5.78 Å². The first-order chi connectivity index (χ1) is 8.52. The van der Waals surface area contributed by atoms with E-state index in [4.69, 9.17) is 0 Å². The summed E-state index contributed by atoms with van der Waals surface area (Å²) >= 11 is 0. The maximum absolute atomic E-state index is 11.6. The minimum Gasteiger partial charge on any atom is -0.354 e. The smallest absolute Gasteiger partial charge is 0.224 e. The van der Waals surface area contributed by atoms with E-state index in [2.05, 4.69) is 10.6 Å². The molecule has 0 saturated heterocycles. The van der Waals surface area contributed by atoms with E-state index in [1.54, 1.807) is 12.1 Å². The molecule has 0 aliphatic rings. The van der Waals surface area contributed by atoms with Crippen molar-refractivity contribution < 1.29 is 9.59 Å². The molecule has 0 aliphatic carbocycles. The second-order valence-electron chi connectivity index (χ2n) is 4.42. The largest absolute Gasteiger partial charge is 0.354 e. The average molecular weight is 285 g/mol. The van der Waals surface area contributed by atoms with Gasteiger partial charge in [-0.25, -0.2) is 0 Å². The highest BCUT2D eigenvalue weighted by molar-refractivity contribution is 5.94. The molecular weight excluding hydrogens is 264 g/mol. The van der Waals surface area contributed by atoms with Crippen LogP contribution in [0.4, 0.5) is 0 Å². The first kappa shape index (κ1) is 17.6. The van der Waals surface area contributed by atoms with Crippen LogP contribution in [0.3, 0.4) is 0 Å². The molecular formula is C14H21ClN2O2. The molecule has 1 aromatic carbocycles. The van der Waals surface area contributed by atoms with Crippen molar-refractivity contribution in [1.29, 1.82) is 0 Å². The molecule has 0 bridgehead atoms. The van der Waals surface area contributed by atoms with Crippen molar-refractivity contribution in [2.24, 2.45) is 0 Å². The average Bonchev–Trinajstić information content (AvgIpc) is 2.36. The van der Waals surface area contributed by atoms with E-state index in [9.17, 15) is 9.59 Å². The van der Waals surface area contributed by atoms with Crippen LogP contribution in [0.15, 0.2) is 24.3 Å². The molecule has 0 aromatic heterocycles. The number of nitrogens with one attached hydrogen (secondary N) is 2. The Kier molecular flexibility index (Phi) is 8.03. The molecule has 0 heterocycles. The van der Waals surface area contributed by atoms with Gasteiger partial charge in [-0.2, -0.15) is 0 Å². The number of rotatable bonds is 6. The van der Waals surface area contributed by atoms with Crippen LogP contribution in [0.25, 0.3) is 0 Å². The highest BCUT2D eigenvalue weighted by atomic mass is 35.5. The molecule has 106 valence electrons. The summed E-state index contributed by atoms with van der Waals surface area (Å²) in [5.41, 5.74) is 1.58. The molecule has 1 atom stereocenters. The topological polar surface area (TPSA) is 58.2 Å². The number of ketones is 1. The number of hydrogen-bond acceptors (Lipinski definition) is 3. The van der Waals surface area contributed by atoms with Gasteiger partial charge in [-0.05, 0) is 26.5 Å². The van der Waals surface area contributed by atoms with E-state index in [1.807, 2.05) is 26.1 Å². The maximum Gasteiger partial charge on any atom is 0.224 e. The van der Waals surface area contributed by atoms with Crippen LogP contribution >= 0.6 is 12.4 Å². The van der Waals surface area contributed by atoms with Crippen molar-refractivity contribution in [2.75, 3.05) is 13.6 Å². The summed E-state index contributed by atoms with van der Waals surface area (Å²) in [6, 6.07) is 7.40. The fraction of sp³-hybridized carbons (Fsp3) is 0.429. The molecule has 2 N–H and O–H groups in total. The molecule has 0 spiro atoms. The van der Waals surface area contributed by atoms with Crippen LogP contribution in [0.1, 0.15) is 29.8 Å². The van der Waals surface area contributed by atoms with Gasteiger partial charge in [0.05, 0.1) is 6.42 Å². The number of carbonyl (C=O) groups excluding carboxylic acids is 2. The molecule has 1 amide bonds. The van der Waals surface area contributed by atoms with E-state index in [0.717, 1.165) is 5.56 Å². The lowest BCUT2D eigenvalue weighted by atomic mass is 10.1. The lowest BCUT2D eigenvalue weighted by molar-refractivity contribution is -0.120. The highest BCUT2D eigenvalue weighted by Crippen LogP contribution is 2.05. The third kappa shape index (κ3) is 6.36. The molecule has 4 nitrogen and oxygen atoms in total. The van der Waals surface area contributed by atoms with Gasteiger partial charge < -0.3 is 10.6 Å². The Bertz CT molecular complexity index is 418. The summed E-state index contributed by atoms with van der Waals surface area (Å²) in [5, 5.41) is 5.90. The Morgan fingerprint density at radius 2 is 1.79 bits per heavy atom. The maximum atomic E-state index is 11.6. The fourth-order valence-electron chi connectivity index (χ4n) is 1.47. The van der Waals surface area contributed by atoms with E-state index in [1.165, 1.54) is 6.92 Å². The molecule has 19 heavy (non-hydrogen) atoms. The molecule has 0 aliphatic heterocycles. The number of hydrogen-bond donors (Lipinski definition) is 2. The standard InChI is InChI=1S/C14H20N2O2.ClH/c1-10(15-3)9-16-14(18)8-12-4-6-13(7-5-12)11(2)17;/h4-7,10,15H,8-9H2,1-3H3,(H,16,18);1H. The summed E-state index contributed by atoms with van der Waals surface area (Å²) < 4.78 is 0. The van der Waals surface area contributed by atoms with Gasteiger partial charge in [-0.15, -0.1) is 12.4 Å². The Balaban J connectivity index is 0.00000324. The van der Waals surface area contributed by atoms with Gasteiger partial charge in [-0.1, -0.05) is 24.3 Å². The molecule has 1 unspecified atom stereocenters. The van der Waals surface area contributed by atoms with Crippen molar-refractivity contribution in [3.8, 4) is 0 Å². The molecule has 0 fully saturated rings. The van der Waals surface area contributed by atoms with Gasteiger partial charge in [0.1, 0.15) is 0 Å². The van der Waals surface area contributed by atoms with Crippen molar-refractivity contribution in [3.05, 3.63) is 35.4 Å². The number of benzene rings is 1. The zero-order valence-electron chi connectivity index (χ0n) is 11.5.